The van der Waals surface area contributed by atoms with Crippen LogP contribution >= 0.6 is 11.3 Å². The molecule has 0 radical (unpaired) electrons. The fraction of sp³-hybridized carbons (Fsp3) is 0.478. The fourth-order valence-electron chi connectivity index (χ4n) is 4.76. The monoisotopic (exact) mass is 410 g/mol. The predicted octanol–water partition coefficient (Wildman–Crippen LogP) is 4.30. The predicted molar refractivity (Wildman–Crippen MR) is 114 cm³/mol. The van der Waals surface area contributed by atoms with E-state index in [1.54, 1.807) is 11.3 Å². The average molecular weight is 411 g/mol. The first-order chi connectivity index (χ1) is 14.0. The van der Waals surface area contributed by atoms with Crippen LogP contribution in [0.2, 0.25) is 0 Å². The number of anilines is 1. The maximum atomic E-state index is 12.9. The molecule has 2 saturated heterocycles. The smallest absolute Gasteiger partial charge is 0.263 e. The largest absolute Gasteiger partial charge is 0.486 e. The molecule has 5 nitrogen and oxygen atoms in total. The van der Waals surface area contributed by atoms with Gasteiger partial charge in [0.25, 0.3) is 5.91 Å². The molecule has 3 aliphatic rings. The molecule has 1 spiro atoms. The van der Waals surface area contributed by atoms with Gasteiger partial charge in [0.2, 0.25) is 0 Å². The Bertz CT molecular complexity index is 953. The van der Waals surface area contributed by atoms with Crippen LogP contribution < -0.4 is 9.64 Å². The number of ketones is 1. The van der Waals surface area contributed by atoms with E-state index in [0.717, 1.165) is 34.3 Å². The van der Waals surface area contributed by atoms with Crippen molar-refractivity contribution in [1.82, 2.24) is 4.90 Å². The van der Waals surface area contributed by atoms with Gasteiger partial charge in [0.05, 0.1) is 16.9 Å². The first-order valence-corrected chi connectivity index (χ1v) is 11.3. The normalized spacial score (nSPS) is 20.7. The molecule has 0 N–H and O–H groups in total. The lowest BCUT2D eigenvalue weighted by atomic mass is 9.82. The van der Waals surface area contributed by atoms with E-state index >= 15 is 0 Å². The van der Waals surface area contributed by atoms with Gasteiger partial charge in [0, 0.05) is 55.7 Å². The third kappa shape index (κ3) is 3.44. The Balaban J connectivity index is 1.32. The number of rotatable bonds is 2. The van der Waals surface area contributed by atoms with Gasteiger partial charge < -0.3 is 14.5 Å². The number of nitrogens with zero attached hydrogens (tertiary/aromatic N) is 2. The highest BCUT2D eigenvalue weighted by molar-refractivity contribution is 7.13. The molecule has 3 aliphatic heterocycles. The summed E-state index contributed by atoms with van der Waals surface area (Å²) < 4.78 is 6.49. The zero-order valence-electron chi connectivity index (χ0n) is 16.8. The summed E-state index contributed by atoms with van der Waals surface area (Å²) >= 11 is 1.54. The summed E-state index contributed by atoms with van der Waals surface area (Å²) in [4.78, 5) is 31.8. The number of thiophene rings is 1. The molecule has 0 aliphatic carbocycles. The first-order valence-electron chi connectivity index (χ1n) is 10.5. The molecule has 0 atom stereocenters. The Morgan fingerprint density at radius 3 is 2.52 bits per heavy atom. The standard InChI is InChI=1S/C23H26N2O3S/c1-16-4-7-21(29-16)22(27)25-12-8-23(9-13-25)15-19(26)18-6-5-17(14-20(18)28-23)24-10-2-3-11-24/h4-7,14H,2-3,8-13,15H2,1H3. The van der Waals surface area contributed by atoms with Crippen LogP contribution in [-0.4, -0.2) is 48.4 Å². The number of piperidine rings is 1. The van der Waals surface area contributed by atoms with Crippen LogP contribution in [0.4, 0.5) is 5.69 Å². The van der Waals surface area contributed by atoms with Crippen molar-refractivity contribution in [3.63, 3.8) is 0 Å². The van der Waals surface area contributed by atoms with E-state index in [1.165, 1.54) is 12.8 Å². The number of amides is 1. The van der Waals surface area contributed by atoms with Gasteiger partial charge in [-0.1, -0.05) is 0 Å². The minimum atomic E-state index is -0.476. The fourth-order valence-corrected chi connectivity index (χ4v) is 5.59. The Kier molecular flexibility index (Phi) is 4.62. The Morgan fingerprint density at radius 1 is 1.07 bits per heavy atom. The van der Waals surface area contributed by atoms with Gasteiger partial charge in [-0.3, -0.25) is 9.59 Å². The SMILES string of the molecule is Cc1ccc(C(=O)N2CCC3(CC2)CC(=O)c2ccc(N4CCCC4)cc2O3)s1. The lowest BCUT2D eigenvalue weighted by Gasteiger charge is -2.44. The van der Waals surface area contributed by atoms with Gasteiger partial charge in [-0.05, 0) is 44.0 Å². The number of hydrogen-bond donors (Lipinski definition) is 0. The lowest BCUT2D eigenvalue weighted by Crippen LogP contribution is -2.52. The second-order valence-electron chi connectivity index (χ2n) is 8.46. The van der Waals surface area contributed by atoms with Crippen LogP contribution in [0, 0.1) is 6.92 Å². The van der Waals surface area contributed by atoms with Crippen LogP contribution in [0.25, 0.3) is 0 Å². The molecule has 29 heavy (non-hydrogen) atoms. The molecule has 5 rings (SSSR count). The van der Waals surface area contributed by atoms with E-state index in [2.05, 4.69) is 4.90 Å². The highest BCUT2D eigenvalue weighted by Crippen LogP contribution is 2.41. The van der Waals surface area contributed by atoms with E-state index < -0.39 is 5.60 Å². The molecule has 0 unspecified atom stereocenters. The zero-order chi connectivity index (χ0) is 20.0. The summed E-state index contributed by atoms with van der Waals surface area (Å²) in [6.45, 7) is 5.41. The van der Waals surface area contributed by atoms with Crippen LogP contribution in [0.5, 0.6) is 5.75 Å². The second-order valence-corrected chi connectivity index (χ2v) is 9.75. The summed E-state index contributed by atoms with van der Waals surface area (Å²) in [5, 5.41) is 0. The van der Waals surface area contributed by atoms with Crippen molar-refractivity contribution in [2.45, 2.75) is 44.6 Å². The van der Waals surface area contributed by atoms with Crippen molar-refractivity contribution in [2.24, 2.45) is 0 Å². The molecule has 152 valence electrons. The molecular weight excluding hydrogens is 384 g/mol. The molecule has 1 aromatic carbocycles. The van der Waals surface area contributed by atoms with Gasteiger partial charge in [-0.2, -0.15) is 0 Å². The van der Waals surface area contributed by atoms with Crippen molar-refractivity contribution in [2.75, 3.05) is 31.1 Å². The number of carbonyl (C=O) groups excluding carboxylic acids is 2. The van der Waals surface area contributed by atoms with Crippen LogP contribution in [0.15, 0.2) is 30.3 Å². The van der Waals surface area contributed by atoms with Gasteiger partial charge in [0.15, 0.2) is 5.78 Å². The van der Waals surface area contributed by atoms with Gasteiger partial charge >= 0.3 is 0 Å². The third-order valence-corrected chi connectivity index (χ3v) is 7.45. The summed E-state index contributed by atoms with van der Waals surface area (Å²) in [5.41, 5.74) is 1.37. The number of ether oxygens (including phenoxy) is 1. The molecule has 2 aromatic rings. The van der Waals surface area contributed by atoms with Crippen LogP contribution in [-0.2, 0) is 0 Å². The Labute approximate surface area is 175 Å². The maximum Gasteiger partial charge on any atom is 0.263 e. The number of carbonyl (C=O) groups is 2. The van der Waals surface area contributed by atoms with E-state index in [0.29, 0.717) is 37.9 Å². The molecule has 6 heteroatoms. The van der Waals surface area contributed by atoms with E-state index in [1.807, 2.05) is 42.2 Å². The maximum absolute atomic E-state index is 12.9. The van der Waals surface area contributed by atoms with E-state index in [9.17, 15) is 9.59 Å². The van der Waals surface area contributed by atoms with E-state index in [4.69, 9.17) is 4.74 Å². The molecule has 0 saturated carbocycles. The molecule has 1 aromatic heterocycles. The molecular formula is C23H26N2O3S. The highest BCUT2D eigenvalue weighted by Gasteiger charge is 2.44. The number of aryl methyl sites for hydroxylation is 1. The van der Waals surface area contributed by atoms with Crippen molar-refractivity contribution >= 4 is 28.7 Å². The number of benzene rings is 1. The molecule has 4 heterocycles. The molecule has 2 fully saturated rings. The van der Waals surface area contributed by atoms with E-state index in [-0.39, 0.29) is 11.7 Å². The van der Waals surface area contributed by atoms with Crippen molar-refractivity contribution < 1.29 is 14.3 Å². The topological polar surface area (TPSA) is 49.9 Å². The summed E-state index contributed by atoms with van der Waals surface area (Å²) in [6, 6.07) is 9.92. The Hall–Kier alpha value is -2.34. The summed E-state index contributed by atoms with van der Waals surface area (Å²) in [7, 11) is 0. The van der Waals surface area contributed by atoms with Crippen LogP contribution in [0.3, 0.4) is 0 Å². The zero-order valence-corrected chi connectivity index (χ0v) is 17.6. The van der Waals surface area contributed by atoms with Crippen molar-refractivity contribution in [3.05, 3.63) is 45.6 Å². The van der Waals surface area contributed by atoms with Gasteiger partial charge in [-0.15, -0.1) is 11.3 Å². The quantitative estimate of drug-likeness (QED) is 0.741. The summed E-state index contributed by atoms with van der Waals surface area (Å²) in [6.07, 6.45) is 4.23. The number of Topliss-reactive ketones (excluding diaryl/α,β-unsaturated/α-hetero) is 1. The molecule has 1 amide bonds. The summed E-state index contributed by atoms with van der Waals surface area (Å²) in [5.74, 6) is 0.976. The lowest BCUT2D eigenvalue weighted by molar-refractivity contribution is -0.00555. The number of fused-ring (bicyclic) bond motifs is 1. The second kappa shape index (κ2) is 7.17. The molecule has 0 bridgehead atoms. The van der Waals surface area contributed by atoms with Gasteiger partial charge in [0.1, 0.15) is 11.4 Å². The first kappa shape index (κ1) is 18.7. The minimum absolute atomic E-state index is 0.0943. The highest BCUT2D eigenvalue weighted by atomic mass is 32.1. The van der Waals surface area contributed by atoms with Crippen LogP contribution in [0.1, 0.15) is 57.0 Å². The Morgan fingerprint density at radius 2 is 1.83 bits per heavy atom. The average Bonchev–Trinajstić information content (AvgIpc) is 3.39. The van der Waals surface area contributed by atoms with Crippen molar-refractivity contribution in [3.8, 4) is 5.75 Å². The van der Waals surface area contributed by atoms with Crippen molar-refractivity contribution in [1.29, 1.82) is 0 Å². The third-order valence-electron chi connectivity index (χ3n) is 6.46. The van der Waals surface area contributed by atoms with Gasteiger partial charge in [-0.25, -0.2) is 0 Å². The number of likely N-dealkylation sites (tertiary alicyclic amines) is 1. The number of hydrogen-bond acceptors (Lipinski definition) is 5. The minimum Gasteiger partial charge on any atom is -0.486 e.